The van der Waals surface area contributed by atoms with Crippen LogP contribution >= 0.6 is 0 Å². The summed E-state index contributed by atoms with van der Waals surface area (Å²) in [6.45, 7) is 5.88. The molecule has 0 saturated carbocycles. The van der Waals surface area contributed by atoms with Gasteiger partial charge in [-0.3, -0.25) is 4.79 Å². The van der Waals surface area contributed by atoms with Gasteiger partial charge in [0.15, 0.2) is 0 Å². The van der Waals surface area contributed by atoms with Crippen LogP contribution in [0.3, 0.4) is 0 Å². The molecule has 0 atom stereocenters. The van der Waals surface area contributed by atoms with Crippen LogP contribution in [0.1, 0.15) is 27.0 Å². The highest BCUT2D eigenvalue weighted by Crippen LogP contribution is 2.23. The molecule has 0 N–H and O–H groups in total. The Kier molecular flexibility index (Phi) is 3.18. The fourth-order valence-corrected chi connectivity index (χ4v) is 2.50. The smallest absolute Gasteiger partial charge is 0.343 e. The summed E-state index contributed by atoms with van der Waals surface area (Å²) in [4.78, 5) is 24.1. The summed E-state index contributed by atoms with van der Waals surface area (Å²) in [5.74, 6) is -0.597. The number of methoxy groups -OCH3 is 1. The van der Waals surface area contributed by atoms with Gasteiger partial charge in [0.1, 0.15) is 5.56 Å². The molecule has 1 heterocycles. The second-order valence-electron chi connectivity index (χ2n) is 4.83. The second-order valence-corrected chi connectivity index (χ2v) is 4.83. The van der Waals surface area contributed by atoms with Crippen molar-refractivity contribution in [2.24, 2.45) is 7.05 Å². The fourth-order valence-electron chi connectivity index (χ4n) is 2.50. The standard InChI is InChI=1S/C15H17NO3/c1-8-6-9(2)12-13(10(8)3)16(4)7-11(14(12)17)15(18)19-5/h6-7H,1-5H3. The maximum absolute atomic E-state index is 12.5. The van der Waals surface area contributed by atoms with E-state index in [-0.39, 0.29) is 11.0 Å². The zero-order chi connectivity index (χ0) is 14.3. The number of benzene rings is 1. The summed E-state index contributed by atoms with van der Waals surface area (Å²) in [6.07, 6.45) is 1.54. The number of pyridine rings is 1. The molecule has 1 aromatic heterocycles. The molecule has 2 aromatic rings. The molecule has 4 nitrogen and oxygen atoms in total. The monoisotopic (exact) mass is 259 g/mol. The van der Waals surface area contributed by atoms with E-state index in [2.05, 4.69) is 4.74 Å². The Labute approximate surface area is 111 Å². The molecular formula is C15H17NO3. The van der Waals surface area contributed by atoms with E-state index in [9.17, 15) is 9.59 Å². The summed E-state index contributed by atoms with van der Waals surface area (Å²) in [5.41, 5.74) is 3.74. The SMILES string of the molecule is COC(=O)c1cn(C)c2c(C)c(C)cc(C)c2c1=O. The number of carbonyl (C=O) groups is 1. The number of fused-ring (bicyclic) bond motifs is 1. The lowest BCUT2D eigenvalue weighted by Gasteiger charge is -2.14. The number of nitrogens with zero attached hydrogens (tertiary/aromatic N) is 1. The number of carbonyl (C=O) groups excluding carboxylic acids is 1. The lowest BCUT2D eigenvalue weighted by atomic mass is 9.98. The molecule has 0 fully saturated rings. The van der Waals surface area contributed by atoms with E-state index in [1.807, 2.05) is 38.5 Å². The number of hydrogen-bond donors (Lipinski definition) is 0. The molecule has 0 unspecified atom stereocenters. The Morgan fingerprint density at radius 1 is 1.21 bits per heavy atom. The van der Waals surface area contributed by atoms with Crippen LogP contribution in [0.25, 0.3) is 10.9 Å². The summed E-state index contributed by atoms with van der Waals surface area (Å²) in [7, 11) is 3.11. The molecular weight excluding hydrogens is 242 g/mol. The number of aromatic nitrogens is 1. The Morgan fingerprint density at radius 2 is 1.84 bits per heavy atom. The molecule has 0 amide bonds. The third kappa shape index (κ3) is 1.93. The minimum atomic E-state index is -0.597. The van der Waals surface area contributed by atoms with Gasteiger partial charge in [-0.1, -0.05) is 6.07 Å². The van der Waals surface area contributed by atoms with Crippen molar-refractivity contribution >= 4 is 16.9 Å². The first-order valence-electron chi connectivity index (χ1n) is 6.07. The molecule has 0 radical (unpaired) electrons. The zero-order valence-corrected chi connectivity index (χ0v) is 11.8. The first-order valence-corrected chi connectivity index (χ1v) is 6.07. The van der Waals surface area contributed by atoms with Crippen LogP contribution in [-0.2, 0) is 11.8 Å². The van der Waals surface area contributed by atoms with Gasteiger partial charge in [0.05, 0.1) is 12.6 Å². The van der Waals surface area contributed by atoms with Crippen LogP contribution in [0.2, 0.25) is 0 Å². The lowest BCUT2D eigenvalue weighted by molar-refractivity contribution is 0.0598. The van der Waals surface area contributed by atoms with E-state index in [0.717, 1.165) is 22.2 Å². The van der Waals surface area contributed by atoms with Crippen LogP contribution in [0.4, 0.5) is 0 Å². The lowest BCUT2D eigenvalue weighted by Crippen LogP contribution is -2.20. The molecule has 100 valence electrons. The molecule has 4 heteroatoms. The van der Waals surface area contributed by atoms with Gasteiger partial charge >= 0.3 is 5.97 Å². The Balaban J connectivity index is 3.03. The Morgan fingerprint density at radius 3 is 2.42 bits per heavy atom. The first-order chi connectivity index (χ1) is 8.88. The summed E-state index contributed by atoms with van der Waals surface area (Å²) < 4.78 is 6.48. The predicted octanol–water partition coefficient (Wildman–Crippen LogP) is 2.25. The van der Waals surface area contributed by atoms with E-state index < -0.39 is 5.97 Å². The largest absolute Gasteiger partial charge is 0.465 e. The van der Waals surface area contributed by atoms with Gasteiger partial charge in [-0.15, -0.1) is 0 Å². The molecule has 1 aromatic carbocycles. The van der Waals surface area contributed by atoms with Crippen molar-refractivity contribution in [1.82, 2.24) is 4.57 Å². The summed E-state index contributed by atoms with van der Waals surface area (Å²) in [5, 5.41) is 0.591. The molecule has 19 heavy (non-hydrogen) atoms. The summed E-state index contributed by atoms with van der Waals surface area (Å²) in [6, 6.07) is 1.97. The van der Waals surface area contributed by atoms with Crippen molar-refractivity contribution in [1.29, 1.82) is 0 Å². The van der Waals surface area contributed by atoms with Crippen molar-refractivity contribution in [3.8, 4) is 0 Å². The van der Waals surface area contributed by atoms with E-state index >= 15 is 0 Å². The highest BCUT2D eigenvalue weighted by atomic mass is 16.5. The van der Waals surface area contributed by atoms with Gasteiger partial charge in [0.25, 0.3) is 0 Å². The van der Waals surface area contributed by atoms with Crippen LogP contribution in [0.15, 0.2) is 17.1 Å². The van der Waals surface area contributed by atoms with Crippen molar-refractivity contribution in [2.45, 2.75) is 20.8 Å². The van der Waals surface area contributed by atoms with Gasteiger partial charge in [0, 0.05) is 18.6 Å². The number of rotatable bonds is 1. The second kappa shape index (κ2) is 4.53. The van der Waals surface area contributed by atoms with Crippen LogP contribution in [-0.4, -0.2) is 17.6 Å². The number of esters is 1. The molecule has 0 aliphatic carbocycles. The van der Waals surface area contributed by atoms with E-state index in [1.165, 1.54) is 7.11 Å². The summed E-state index contributed by atoms with van der Waals surface area (Å²) >= 11 is 0. The Hall–Kier alpha value is -2.10. The molecule has 0 aliphatic rings. The number of ether oxygens (including phenoxy) is 1. The zero-order valence-electron chi connectivity index (χ0n) is 11.8. The van der Waals surface area contributed by atoms with Gasteiger partial charge in [-0.25, -0.2) is 4.79 Å². The van der Waals surface area contributed by atoms with Crippen molar-refractivity contribution < 1.29 is 9.53 Å². The molecule has 0 saturated heterocycles. The fraction of sp³-hybridized carbons (Fsp3) is 0.333. The predicted molar refractivity (Wildman–Crippen MR) is 74.7 cm³/mol. The van der Waals surface area contributed by atoms with Crippen molar-refractivity contribution in [3.05, 3.63) is 44.7 Å². The number of aryl methyl sites for hydroxylation is 4. The van der Waals surface area contributed by atoms with E-state index in [0.29, 0.717) is 5.39 Å². The average molecular weight is 259 g/mol. The molecule has 2 rings (SSSR count). The normalized spacial score (nSPS) is 10.8. The van der Waals surface area contributed by atoms with E-state index in [1.54, 1.807) is 6.20 Å². The number of hydrogen-bond acceptors (Lipinski definition) is 3. The maximum atomic E-state index is 12.5. The van der Waals surface area contributed by atoms with Crippen molar-refractivity contribution in [3.63, 3.8) is 0 Å². The molecule has 0 spiro atoms. The van der Waals surface area contributed by atoms with Gasteiger partial charge in [-0.05, 0) is 37.5 Å². The minimum Gasteiger partial charge on any atom is -0.465 e. The molecule has 0 bridgehead atoms. The van der Waals surface area contributed by atoms with Crippen LogP contribution in [0.5, 0.6) is 0 Å². The van der Waals surface area contributed by atoms with Crippen LogP contribution in [0, 0.1) is 20.8 Å². The third-order valence-corrected chi connectivity index (χ3v) is 3.56. The highest BCUT2D eigenvalue weighted by molar-refractivity contribution is 5.95. The Bertz CT molecular complexity index is 741. The quantitative estimate of drug-likeness (QED) is 0.738. The maximum Gasteiger partial charge on any atom is 0.343 e. The molecule has 0 aliphatic heterocycles. The average Bonchev–Trinajstić information content (AvgIpc) is 2.37. The van der Waals surface area contributed by atoms with Crippen LogP contribution < -0.4 is 5.43 Å². The van der Waals surface area contributed by atoms with Gasteiger partial charge < -0.3 is 9.30 Å². The van der Waals surface area contributed by atoms with Gasteiger partial charge in [0.2, 0.25) is 5.43 Å². The van der Waals surface area contributed by atoms with Gasteiger partial charge in [-0.2, -0.15) is 0 Å². The topological polar surface area (TPSA) is 48.3 Å². The van der Waals surface area contributed by atoms with Crippen molar-refractivity contribution in [2.75, 3.05) is 7.11 Å². The highest BCUT2D eigenvalue weighted by Gasteiger charge is 2.17. The van der Waals surface area contributed by atoms with E-state index in [4.69, 9.17) is 0 Å². The first kappa shape index (κ1) is 13.3. The third-order valence-electron chi connectivity index (χ3n) is 3.56. The minimum absolute atomic E-state index is 0.0730.